The lowest BCUT2D eigenvalue weighted by atomic mass is 10.2. The monoisotopic (exact) mass is 263 g/mol. The Labute approximate surface area is 116 Å². The van der Waals surface area contributed by atoms with Gasteiger partial charge in [-0.05, 0) is 44.0 Å². The lowest BCUT2D eigenvalue weighted by molar-refractivity contribution is -0.120. The number of amides is 1. The first-order valence-electron chi connectivity index (χ1n) is 6.89. The summed E-state index contributed by atoms with van der Waals surface area (Å²) < 4.78 is 0. The average molecular weight is 263 g/mol. The van der Waals surface area contributed by atoms with Crippen molar-refractivity contribution in [1.29, 1.82) is 0 Å². The molecule has 19 heavy (non-hydrogen) atoms. The standard InChI is InChI=1S/C15H25N3O/c1-13-6-3-7-14(12-13)18(11-5-9-16)10-4-8-15(19)17-2/h3,6-7,12H,4-5,8-11,16H2,1-2H3,(H,17,19). The summed E-state index contributed by atoms with van der Waals surface area (Å²) in [6.07, 6.45) is 2.40. The van der Waals surface area contributed by atoms with Crippen LogP contribution in [0.2, 0.25) is 0 Å². The zero-order valence-corrected chi connectivity index (χ0v) is 12.0. The fraction of sp³-hybridized carbons (Fsp3) is 0.533. The van der Waals surface area contributed by atoms with Crippen molar-refractivity contribution in [3.05, 3.63) is 29.8 Å². The number of rotatable bonds is 8. The number of benzene rings is 1. The minimum Gasteiger partial charge on any atom is -0.371 e. The number of carbonyl (C=O) groups excluding carboxylic acids is 1. The van der Waals surface area contributed by atoms with Crippen molar-refractivity contribution < 1.29 is 4.79 Å². The Morgan fingerprint density at radius 1 is 1.32 bits per heavy atom. The molecule has 3 N–H and O–H groups in total. The van der Waals surface area contributed by atoms with Gasteiger partial charge in [-0.25, -0.2) is 0 Å². The molecule has 106 valence electrons. The molecule has 4 heteroatoms. The van der Waals surface area contributed by atoms with Crippen molar-refractivity contribution in [3.8, 4) is 0 Å². The molecule has 0 bridgehead atoms. The Hall–Kier alpha value is -1.55. The fourth-order valence-corrected chi connectivity index (χ4v) is 2.03. The molecule has 1 rings (SSSR count). The molecular formula is C15H25N3O. The Kier molecular flexibility index (Phi) is 6.97. The number of hydrogen-bond donors (Lipinski definition) is 2. The van der Waals surface area contributed by atoms with Crippen LogP contribution in [0.1, 0.15) is 24.8 Å². The molecule has 0 spiro atoms. The second kappa shape index (κ2) is 8.53. The van der Waals surface area contributed by atoms with Crippen LogP contribution in [0, 0.1) is 6.92 Å². The first-order valence-corrected chi connectivity index (χ1v) is 6.89. The van der Waals surface area contributed by atoms with E-state index in [2.05, 4.69) is 41.4 Å². The van der Waals surface area contributed by atoms with Crippen molar-refractivity contribution in [2.75, 3.05) is 31.6 Å². The van der Waals surface area contributed by atoms with Crippen LogP contribution >= 0.6 is 0 Å². The summed E-state index contributed by atoms with van der Waals surface area (Å²) >= 11 is 0. The first-order chi connectivity index (χ1) is 9.17. The number of carbonyl (C=O) groups is 1. The van der Waals surface area contributed by atoms with Gasteiger partial charge in [-0.15, -0.1) is 0 Å². The minimum absolute atomic E-state index is 0.100. The number of nitrogens with two attached hydrogens (primary N) is 1. The van der Waals surface area contributed by atoms with E-state index in [0.29, 0.717) is 13.0 Å². The van der Waals surface area contributed by atoms with Crippen molar-refractivity contribution in [1.82, 2.24) is 5.32 Å². The van der Waals surface area contributed by atoms with Crippen LogP contribution in [0.15, 0.2) is 24.3 Å². The number of aryl methyl sites for hydroxylation is 1. The third-order valence-electron chi connectivity index (χ3n) is 3.11. The second-order valence-corrected chi connectivity index (χ2v) is 4.75. The SMILES string of the molecule is CNC(=O)CCCN(CCCN)c1cccc(C)c1. The molecule has 4 nitrogen and oxygen atoms in total. The summed E-state index contributed by atoms with van der Waals surface area (Å²) in [4.78, 5) is 13.6. The molecule has 0 fully saturated rings. The van der Waals surface area contributed by atoms with Gasteiger partial charge in [0.2, 0.25) is 5.91 Å². The van der Waals surface area contributed by atoms with Crippen molar-refractivity contribution >= 4 is 11.6 Å². The van der Waals surface area contributed by atoms with Crippen LogP contribution in [0.4, 0.5) is 5.69 Å². The molecule has 0 heterocycles. The number of hydrogen-bond acceptors (Lipinski definition) is 3. The van der Waals surface area contributed by atoms with Crippen LogP contribution in [0.3, 0.4) is 0 Å². The van der Waals surface area contributed by atoms with E-state index in [1.807, 2.05) is 0 Å². The molecule has 0 aliphatic carbocycles. The summed E-state index contributed by atoms with van der Waals surface area (Å²) in [5, 5.41) is 2.65. The van der Waals surface area contributed by atoms with Gasteiger partial charge in [0, 0.05) is 32.2 Å². The minimum atomic E-state index is 0.100. The Balaban J connectivity index is 2.58. The van der Waals surface area contributed by atoms with E-state index in [1.165, 1.54) is 11.3 Å². The molecule has 0 radical (unpaired) electrons. The molecule has 1 aromatic carbocycles. The van der Waals surface area contributed by atoms with Gasteiger partial charge >= 0.3 is 0 Å². The quantitative estimate of drug-likeness (QED) is 0.750. The van der Waals surface area contributed by atoms with E-state index in [-0.39, 0.29) is 5.91 Å². The van der Waals surface area contributed by atoms with E-state index >= 15 is 0 Å². The first kappa shape index (κ1) is 15.5. The van der Waals surface area contributed by atoms with Crippen LogP contribution < -0.4 is 16.0 Å². The highest BCUT2D eigenvalue weighted by molar-refractivity contribution is 5.75. The number of nitrogens with one attached hydrogen (secondary N) is 1. The second-order valence-electron chi connectivity index (χ2n) is 4.75. The van der Waals surface area contributed by atoms with E-state index in [4.69, 9.17) is 5.73 Å². The van der Waals surface area contributed by atoms with Gasteiger partial charge in [-0.1, -0.05) is 12.1 Å². The van der Waals surface area contributed by atoms with Crippen LogP contribution in [-0.4, -0.2) is 32.6 Å². The van der Waals surface area contributed by atoms with Gasteiger partial charge in [-0.2, -0.15) is 0 Å². The Bertz CT molecular complexity index is 393. The van der Waals surface area contributed by atoms with Gasteiger partial charge < -0.3 is 16.0 Å². The predicted molar refractivity (Wildman–Crippen MR) is 80.4 cm³/mol. The molecule has 1 amide bonds. The van der Waals surface area contributed by atoms with Crippen LogP contribution in [0.5, 0.6) is 0 Å². The highest BCUT2D eigenvalue weighted by atomic mass is 16.1. The van der Waals surface area contributed by atoms with E-state index < -0.39 is 0 Å². The highest BCUT2D eigenvalue weighted by Crippen LogP contribution is 2.16. The molecule has 0 saturated carbocycles. The van der Waals surface area contributed by atoms with E-state index in [1.54, 1.807) is 7.05 Å². The lowest BCUT2D eigenvalue weighted by Gasteiger charge is -2.25. The van der Waals surface area contributed by atoms with Gasteiger partial charge in [0.05, 0.1) is 0 Å². The van der Waals surface area contributed by atoms with E-state index in [0.717, 1.165) is 25.9 Å². The molecule has 1 aromatic rings. The van der Waals surface area contributed by atoms with Crippen LogP contribution in [0.25, 0.3) is 0 Å². The topological polar surface area (TPSA) is 58.4 Å². The van der Waals surface area contributed by atoms with Crippen molar-refractivity contribution in [2.24, 2.45) is 5.73 Å². The van der Waals surface area contributed by atoms with Gasteiger partial charge in [-0.3, -0.25) is 4.79 Å². The third kappa shape index (κ3) is 5.75. The maximum absolute atomic E-state index is 11.2. The van der Waals surface area contributed by atoms with Gasteiger partial charge in [0.25, 0.3) is 0 Å². The zero-order chi connectivity index (χ0) is 14.1. The molecule has 0 aliphatic rings. The summed E-state index contributed by atoms with van der Waals surface area (Å²) in [6.45, 7) is 4.61. The molecule has 0 aromatic heterocycles. The summed E-state index contributed by atoms with van der Waals surface area (Å²) in [5.74, 6) is 0.100. The maximum Gasteiger partial charge on any atom is 0.219 e. The summed E-state index contributed by atoms with van der Waals surface area (Å²) in [7, 11) is 1.68. The largest absolute Gasteiger partial charge is 0.371 e. The smallest absolute Gasteiger partial charge is 0.219 e. The molecule has 0 aliphatic heterocycles. The predicted octanol–water partition coefficient (Wildman–Crippen LogP) is 1.68. The fourth-order valence-electron chi connectivity index (χ4n) is 2.03. The summed E-state index contributed by atoms with van der Waals surface area (Å²) in [5.41, 5.74) is 8.06. The molecule has 0 unspecified atom stereocenters. The van der Waals surface area contributed by atoms with Crippen molar-refractivity contribution in [3.63, 3.8) is 0 Å². The van der Waals surface area contributed by atoms with Gasteiger partial charge in [0.1, 0.15) is 0 Å². The van der Waals surface area contributed by atoms with Gasteiger partial charge in [0.15, 0.2) is 0 Å². The molecular weight excluding hydrogens is 238 g/mol. The third-order valence-corrected chi connectivity index (χ3v) is 3.11. The maximum atomic E-state index is 11.2. The van der Waals surface area contributed by atoms with Crippen LogP contribution in [-0.2, 0) is 4.79 Å². The molecule has 0 atom stereocenters. The van der Waals surface area contributed by atoms with E-state index in [9.17, 15) is 4.79 Å². The molecule has 0 saturated heterocycles. The van der Waals surface area contributed by atoms with Crippen molar-refractivity contribution in [2.45, 2.75) is 26.2 Å². The Morgan fingerprint density at radius 2 is 2.05 bits per heavy atom. The Morgan fingerprint density at radius 3 is 2.68 bits per heavy atom. The highest BCUT2D eigenvalue weighted by Gasteiger charge is 2.07. The average Bonchev–Trinajstić information content (AvgIpc) is 2.42. The summed E-state index contributed by atoms with van der Waals surface area (Å²) in [6, 6.07) is 8.45. The number of nitrogens with zero attached hydrogens (tertiary/aromatic N) is 1. The lowest BCUT2D eigenvalue weighted by Crippen LogP contribution is -2.28. The normalized spacial score (nSPS) is 10.3. The number of anilines is 1. The zero-order valence-electron chi connectivity index (χ0n) is 12.0.